The fourth-order valence-electron chi connectivity index (χ4n) is 2.66. The van der Waals surface area contributed by atoms with Crippen molar-refractivity contribution < 1.29 is 0 Å². The van der Waals surface area contributed by atoms with E-state index in [-0.39, 0.29) is 11.5 Å². The number of benzene rings is 2. The number of fused-ring (bicyclic) bond motifs is 1. The van der Waals surface area contributed by atoms with Crippen molar-refractivity contribution in [2.24, 2.45) is 7.05 Å². The van der Waals surface area contributed by atoms with Gasteiger partial charge in [-0.15, -0.1) is 0 Å². The lowest BCUT2D eigenvalue weighted by Gasteiger charge is -2.09. The molecule has 2 aromatic carbocycles. The van der Waals surface area contributed by atoms with Gasteiger partial charge in [-0.1, -0.05) is 42.1 Å². The SMILES string of the molecule is Cn1c(SCc2nc(N)nc(Nc3ccccc3)n2)nc2ccccc2c1=O. The Morgan fingerprint density at radius 1 is 1.00 bits per heavy atom. The van der Waals surface area contributed by atoms with Crippen LogP contribution in [0, 0.1) is 0 Å². The summed E-state index contributed by atoms with van der Waals surface area (Å²) in [7, 11) is 1.70. The van der Waals surface area contributed by atoms with E-state index in [0.29, 0.717) is 33.6 Å². The van der Waals surface area contributed by atoms with Crippen LogP contribution in [0.5, 0.6) is 0 Å². The minimum atomic E-state index is -0.0882. The van der Waals surface area contributed by atoms with Crippen LogP contribution in [0.3, 0.4) is 0 Å². The van der Waals surface area contributed by atoms with Gasteiger partial charge >= 0.3 is 0 Å². The summed E-state index contributed by atoms with van der Waals surface area (Å²) in [6.45, 7) is 0. The number of thioether (sulfide) groups is 1. The lowest BCUT2D eigenvalue weighted by atomic mass is 10.2. The van der Waals surface area contributed by atoms with Crippen LogP contribution in [0.2, 0.25) is 0 Å². The Morgan fingerprint density at radius 3 is 2.57 bits per heavy atom. The van der Waals surface area contributed by atoms with Gasteiger partial charge in [0.25, 0.3) is 5.56 Å². The molecule has 0 radical (unpaired) electrons. The van der Waals surface area contributed by atoms with Gasteiger partial charge in [-0.2, -0.15) is 15.0 Å². The quantitative estimate of drug-likeness (QED) is 0.394. The summed E-state index contributed by atoms with van der Waals surface area (Å²) >= 11 is 1.37. The van der Waals surface area contributed by atoms with Crippen LogP contribution in [0.25, 0.3) is 10.9 Å². The summed E-state index contributed by atoms with van der Waals surface area (Å²) in [5.74, 6) is 1.40. The summed E-state index contributed by atoms with van der Waals surface area (Å²) < 4.78 is 1.53. The molecule has 9 heteroatoms. The van der Waals surface area contributed by atoms with Crippen LogP contribution >= 0.6 is 11.8 Å². The highest BCUT2D eigenvalue weighted by Crippen LogP contribution is 2.21. The molecule has 0 aliphatic carbocycles. The van der Waals surface area contributed by atoms with Crippen molar-refractivity contribution in [2.45, 2.75) is 10.9 Å². The van der Waals surface area contributed by atoms with Gasteiger partial charge in [0, 0.05) is 12.7 Å². The first-order chi connectivity index (χ1) is 13.6. The van der Waals surface area contributed by atoms with Crippen molar-refractivity contribution in [2.75, 3.05) is 11.1 Å². The number of anilines is 3. The number of hydrogen-bond acceptors (Lipinski definition) is 8. The molecular formula is C19H17N7OS. The van der Waals surface area contributed by atoms with Crippen LogP contribution in [-0.4, -0.2) is 24.5 Å². The van der Waals surface area contributed by atoms with Crippen molar-refractivity contribution in [3.8, 4) is 0 Å². The normalized spacial score (nSPS) is 10.9. The molecule has 0 aliphatic heterocycles. The molecule has 140 valence electrons. The molecular weight excluding hydrogens is 374 g/mol. The van der Waals surface area contributed by atoms with Gasteiger partial charge in [0.2, 0.25) is 11.9 Å². The predicted octanol–water partition coefficient (Wildman–Crippen LogP) is 2.74. The average molecular weight is 391 g/mol. The minimum Gasteiger partial charge on any atom is -0.368 e. The number of nitrogens with two attached hydrogens (primary N) is 1. The number of rotatable bonds is 5. The fraction of sp³-hybridized carbons (Fsp3) is 0.105. The van der Waals surface area contributed by atoms with Crippen LogP contribution in [0.1, 0.15) is 5.82 Å². The topological polar surface area (TPSA) is 112 Å². The molecule has 0 bridgehead atoms. The molecule has 8 nitrogen and oxygen atoms in total. The molecule has 0 aliphatic rings. The molecule has 0 spiro atoms. The number of nitrogens with zero attached hydrogens (tertiary/aromatic N) is 5. The molecule has 3 N–H and O–H groups in total. The third kappa shape index (κ3) is 3.79. The van der Waals surface area contributed by atoms with E-state index in [1.165, 1.54) is 16.3 Å². The zero-order chi connectivity index (χ0) is 19.5. The maximum absolute atomic E-state index is 12.5. The van der Waals surface area contributed by atoms with Gasteiger partial charge in [0.05, 0.1) is 16.7 Å². The summed E-state index contributed by atoms with van der Waals surface area (Å²) in [6, 6.07) is 16.8. The summed E-state index contributed by atoms with van der Waals surface area (Å²) in [4.78, 5) is 29.8. The number of nitrogen functional groups attached to an aromatic ring is 1. The number of aromatic nitrogens is 5. The van der Waals surface area contributed by atoms with Crippen LogP contribution in [0.15, 0.2) is 64.5 Å². The van der Waals surface area contributed by atoms with E-state index in [0.717, 1.165) is 5.69 Å². The third-order valence-corrected chi connectivity index (χ3v) is 5.03. The van der Waals surface area contributed by atoms with Gasteiger partial charge in [-0.3, -0.25) is 9.36 Å². The molecule has 0 atom stereocenters. The molecule has 2 aromatic heterocycles. The lowest BCUT2D eigenvalue weighted by Crippen LogP contribution is -2.20. The molecule has 0 unspecified atom stereocenters. The fourth-order valence-corrected chi connectivity index (χ4v) is 3.49. The highest BCUT2D eigenvalue weighted by molar-refractivity contribution is 7.98. The number of hydrogen-bond donors (Lipinski definition) is 2. The average Bonchev–Trinajstić information content (AvgIpc) is 2.70. The van der Waals surface area contributed by atoms with Gasteiger partial charge < -0.3 is 11.1 Å². The monoisotopic (exact) mass is 391 g/mol. The summed E-state index contributed by atoms with van der Waals surface area (Å²) in [5, 5.41) is 4.28. The molecule has 0 saturated heterocycles. The standard InChI is InChI=1S/C19H17N7OS/c1-26-16(27)13-9-5-6-10-14(13)22-19(26)28-11-15-23-17(20)25-18(24-15)21-12-7-3-2-4-8-12/h2-10H,11H2,1H3,(H3,20,21,23,24,25). The Bertz CT molecular complexity index is 1190. The largest absolute Gasteiger partial charge is 0.368 e. The molecule has 2 heterocycles. The second-order valence-electron chi connectivity index (χ2n) is 5.99. The molecule has 0 amide bonds. The smallest absolute Gasteiger partial charge is 0.261 e. The Hall–Kier alpha value is -3.46. The van der Waals surface area contributed by atoms with Crippen molar-refractivity contribution >= 4 is 40.2 Å². The van der Waals surface area contributed by atoms with Crippen molar-refractivity contribution in [3.63, 3.8) is 0 Å². The first kappa shape index (κ1) is 17.9. The van der Waals surface area contributed by atoms with E-state index < -0.39 is 0 Å². The van der Waals surface area contributed by atoms with Gasteiger partial charge in [-0.25, -0.2) is 4.98 Å². The molecule has 28 heavy (non-hydrogen) atoms. The predicted molar refractivity (Wildman–Crippen MR) is 111 cm³/mol. The Kier molecular flexibility index (Phi) is 4.90. The van der Waals surface area contributed by atoms with Gasteiger partial charge in [0.15, 0.2) is 5.16 Å². The van der Waals surface area contributed by atoms with Crippen molar-refractivity contribution in [3.05, 3.63) is 70.8 Å². The summed E-state index contributed by atoms with van der Waals surface area (Å²) in [6.07, 6.45) is 0. The van der Waals surface area contributed by atoms with Crippen LogP contribution < -0.4 is 16.6 Å². The highest BCUT2D eigenvalue weighted by atomic mass is 32.2. The Balaban J connectivity index is 1.58. The second-order valence-corrected chi connectivity index (χ2v) is 6.93. The van der Waals surface area contributed by atoms with Gasteiger partial charge in [-0.05, 0) is 24.3 Å². The lowest BCUT2D eigenvalue weighted by molar-refractivity contribution is 0.725. The molecule has 0 fully saturated rings. The van der Waals surface area contributed by atoms with E-state index in [1.54, 1.807) is 13.1 Å². The highest BCUT2D eigenvalue weighted by Gasteiger charge is 2.11. The third-order valence-electron chi connectivity index (χ3n) is 4.00. The first-order valence-corrected chi connectivity index (χ1v) is 9.50. The molecule has 0 saturated carbocycles. The van der Waals surface area contributed by atoms with Crippen LogP contribution in [-0.2, 0) is 12.8 Å². The Labute approximate surface area is 164 Å². The van der Waals surface area contributed by atoms with E-state index in [4.69, 9.17) is 5.73 Å². The van der Waals surface area contributed by atoms with Crippen molar-refractivity contribution in [1.29, 1.82) is 0 Å². The van der Waals surface area contributed by atoms with Gasteiger partial charge in [0.1, 0.15) is 5.82 Å². The van der Waals surface area contributed by atoms with E-state index in [2.05, 4.69) is 25.3 Å². The summed E-state index contributed by atoms with van der Waals surface area (Å²) in [5.41, 5.74) is 7.25. The van der Waals surface area contributed by atoms with Crippen LogP contribution in [0.4, 0.5) is 17.6 Å². The first-order valence-electron chi connectivity index (χ1n) is 8.51. The maximum Gasteiger partial charge on any atom is 0.261 e. The second kappa shape index (κ2) is 7.65. The van der Waals surface area contributed by atoms with E-state index >= 15 is 0 Å². The maximum atomic E-state index is 12.5. The zero-order valence-corrected chi connectivity index (χ0v) is 15.8. The zero-order valence-electron chi connectivity index (χ0n) is 15.0. The minimum absolute atomic E-state index is 0.0882. The number of para-hydroxylation sites is 2. The van der Waals surface area contributed by atoms with E-state index in [9.17, 15) is 4.79 Å². The van der Waals surface area contributed by atoms with Crippen molar-refractivity contribution in [1.82, 2.24) is 24.5 Å². The Morgan fingerprint density at radius 2 is 1.75 bits per heavy atom. The molecule has 4 aromatic rings. The van der Waals surface area contributed by atoms with E-state index in [1.807, 2.05) is 48.5 Å². The number of nitrogens with one attached hydrogen (secondary N) is 1. The molecule has 4 rings (SSSR count).